The second-order valence-corrected chi connectivity index (χ2v) is 6.37. The molecule has 0 bridgehead atoms. The SMILES string of the molecule is C[C@H](Cn1cnc2c(N=C(N)N)nc(N)nc21)OCP(=O)(O)O. The summed E-state index contributed by atoms with van der Waals surface area (Å²) in [7, 11) is -4.23. The highest BCUT2D eigenvalue weighted by atomic mass is 31.2. The molecule has 2 heterocycles. The highest BCUT2D eigenvalue weighted by molar-refractivity contribution is 7.51. The molecule has 0 aliphatic carbocycles. The van der Waals surface area contributed by atoms with Crippen molar-refractivity contribution in [1.29, 1.82) is 0 Å². The van der Waals surface area contributed by atoms with E-state index in [4.69, 9.17) is 31.7 Å². The van der Waals surface area contributed by atoms with Crippen LogP contribution in [0.15, 0.2) is 11.3 Å². The van der Waals surface area contributed by atoms with Crippen LogP contribution in [0.1, 0.15) is 6.92 Å². The molecule has 2 aromatic heterocycles. The summed E-state index contributed by atoms with van der Waals surface area (Å²) in [6, 6.07) is 0. The van der Waals surface area contributed by atoms with Crippen molar-refractivity contribution in [3.63, 3.8) is 0 Å². The summed E-state index contributed by atoms with van der Waals surface area (Å²) in [6.07, 6.45) is 0.293. The van der Waals surface area contributed by atoms with Gasteiger partial charge in [0.15, 0.2) is 22.9 Å². The van der Waals surface area contributed by atoms with E-state index in [2.05, 4.69) is 19.9 Å². The third kappa shape index (κ3) is 4.60. The highest BCUT2D eigenvalue weighted by Crippen LogP contribution is 2.34. The number of nitrogens with two attached hydrogens (primary N) is 3. The number of hydrogen-bond donors (Lipinski definition) is 5. The Bertz CT molecular complexity index is 781. The summed E-state index contributed by atoms with van der Waals surface area (Å²) >= 11 is 0. The summed E-state index contributed by atoms with van der Waals surface area (Å²) in [5, 5.41) is 0. The molecule has 8 N–H and O–H groups in total. The lowest BCUT2D eigenvalue weighted by molar-refractivity contribution is 0.0764. The molecular formula is C10H17N8O4P. The number of hydrogen-bond acceptors (Lipinski definition) is 7. The van der Waals surface area contributed by atoms with E-state index < -0.39 is 20.0 Å². The van der Waals surface area contributed by atoms with E-state index in [1.165, 1.54) is 6.33 Å². The first kappa shape index (κ1) is 17.1. The van der Waals surface area contributed by atoms with Crippen LogP contribution in [0.3, 0.4) is 0 Å². The van der Waals surface area contributed by atoms with E-state index in [9.17, 15) is 4.57 Å². The van der Waals surface area contributed by atoms with Crippen LogP contribution in [0.25, 0.3) is 11.2 Å². The fraction of sp³-hybridized carbons (Fsp3) is 0.400. The van der Waals surface area contributed by atoms with Crippen LogP contribution in [0, 0.1) is 0 Å². The van der Waals surface area contributed by atoms with E-state index in [0.717, 1.165) is 0 Å². The minimum atomic E-state index is -4.23. The highest BCUT2D eigenvalue weighted by Gasteiger charge is 2.18. The Hall–Kier alpha value is -2.27. The van der Waals surface area contributed by atoms with Gasteiger partial charge in [-0.25, -0.2) is 4.98 Å². The number of nitrogens with zero attached hydrogens (tertiary/aromatic N) is 5. The van der Waals surface area contributed by atoms with Gasteiger partial charge in [0.2, 0.25) is 5.95 Å². The smallest absolute Gasteiger partial charge is 0.350 e. The van der Waals surface area contributed by atoms with Gasteiger partial charge in [-0.3, -0.25) is 4.57 Å². The van der Waals surface area contributed by atoms with Crippen molar-refractivity contribution in [3.8, 4) is 0 Å². The Morgan fingerprint density at radius 2 is 2.17 bits per heavy atom. The van der Waals surface area contributed by atoms with Crippen LogP contribution in [0.4, 0.5) is 11.8 Å². The Morgan fingerprint density at radius 3 is 2.78 bits per heavy atom. The second-order valence-electron chi connectivity index (χ2n) is 4.78. The van der Waals surface area contributed by atoms with Gasteiger partial charge in [0.05, 0.1) is 19.0 Å². The molecule has 0 aliphatic rings. The molecule has 0 spiro atoms. The van der Waals surface area contributed by atoms with Crippen molar-refractivity contribution in [2.24, 2.45) is 16.5 Å². The van der Waals surface area contributed by atoms with E-state index in [1.807, 2.05) is 0 Å². The molecule has 0 radical (unpaired) electrons. The molecule has 0 aromatic carbocycles. The lowest BCUT2D eigenvalue weighted by Gasteiger charge is -2.14. The summed E-state index contributed by atoms with van der Waals surface area (Å²) in [4.78, 5) is 33.6. The molecule has 2 aromatic rings. The predicted molar refractivity (Wildman–Crippen MR) is 82.7 cm³/mol. The number of guanidine groups is 1. The van der Waals surface area contributed by atoms with Gasteiger partial charge in [-0.1, -0.05) is 0 Å². The number of fused-ring (bicyclic) bond motifs is 1. The van der Waals surface area contributed by atoms with Crippen molar-refractivity contribution in [1.82, 2.24) is 19.5 Å². The molecule has 13 heteroatoms. The van der Waals surface area contributed by atoms with E-state index in [-0.39, 0.29) is 24.3 Å². The van der Waals surface area contributed by atoms with E-state index in [0.29, 0.717) is 11.2 Å². The summed E-state index contributed by atoms with van der Waals surface area (Å²) in [5.41, 5.74) is 17.0. The number of rotatable bonds is 6. The van der Waals surface area contributed by atoms with Gasteiger partial charge in [-0.05, 0) is 6.92 Å². The monoisotopic (exact) mass is 344 g/mol. The molecule has 1 atom stereocenters. The second kappa shape index (κ2) is 6.46. The number of aliphatic imine (C=N–C) groups is 1. The minimum Gasteiger partial charge on any atom is -0.370 e. The maximum atomic E-state index is 10.8. The number of ether oxygens (including phenoxy) is 1. The molecular weight excluding hydrogens is 327 g/mol. The van der Waals surface area contributed by atoms with Crippen molar-refractivity contribution in [3.05, 3.63) is 6.33 Å². The van der Waals surface area contributed by atoms with Gasteiger partial charge in [-0.2, -0.15) is 15.0 Å². The van der Waals surface area contributed by atoms with Gasteiger partial charge >= 0.3 is 7.60 Å². The van der Waals surface area contributed by atoms with Crippen LogP contribution in [-0.4, -0.2) is 47.7 Å². The zero-order chi connectivity index (χ0) is 17.2. The van der Waals surface area contributed by atoms with Crippen molar-refractivity contribution < 1.29 is 19.1 Å². The quantitative estimate of drug-likeness (QED) is 0.242. The van der Waals surface area contributed by atoms with Crippen LogP contribution < -0.4 is 17.2 Å². The third-order valence-corrected chi connectivity index (χ3v) is 3.16. The largest absolute Gasteiger partial charge is 0.370 e. The average molecular weight is 344 g/mol. The van der Waals surface area contributed by atoms with Crippen molar-refractivity contribution in [2.75, 3.05) is 12.1 Å². The Morgan fingerprint density at radius 1 is 1.48 bits per heavy atom. The zero-order valence-electron chi connectivity index (χ0n) is 12.2. The summed E-state index contributed by atoms with van der Waals surface area (Å²) in [6.45, 7) is 1.90. The first-order chi connectivity index (χ1) is 10.7. The summed E-state index contributed by atoms with van der Waals surface area (Å²) < 4.78 is 17.5. The lowest BCUT2D eigenvalue weighted by Crippen LogP contribution is -2.22. The third-order valence-electron chi connectivity index (χ3n) is 2.68. The first-order valence-electron chi connectivity index (χ1n) is 6.40. The van der Waals surface area contributed by atoms with Gasteiger partial charge in [-0.15, -0.1) is 0 Å². The van der Waals surface area contributed by atoms with Crippen LogP contribution in [-0.2, 0) is 15.8 Å². The fourth-order valence-corrected chi connectivity index (χ4v) is 2.28. The lowest BCUT2D eigenvalue weighted by atomic mass is 10.4. The molecule has 0 fully saturated rings. The van der Waals surface area contributed by atoms with Crippen LogP contribution >= 0.6 is 7.60 Å². The molecule has 0 unspecified atom stereocenters. The Balaban J connectivity index is 2.27. The number of aromatic nitrogens is 4. The molecule has 0 aliphatic heterocycles. The first-order valence-corrected chi connectivity index (χ1v) is 8.19. The zero-order valence-corrected chi connectivity index (χ0v) is 13.1. The fourth-order valence-electron chi connectivity index (χ4n) is 1.83. The summed E-state index contributed by atoms with van der Waals surface area (Å²) in [5.74, 6) is -0.102. The Labute approximate surface area is 130 Å². The van der Waals surface area contributed by atoms with Gasteiger partial charge < -0.3 is 36.3 Å². The van der Waals surface area contributed by atoms with Gasteiger partial charge in [0, 0.05) is 0 Å². The van der Waals surface area contributed by atoms with Crippen LogP contribution in [0.2, 0.25) is 0 Å². The molecule has 0 saturated heterocycles. The number of nitrogen functional groups attached to an aromatic ring is 1. The molecule has 0 saturated carbocycles. The minimum absolute atomic E-state index is 0.0389. The van der Waals surface area contributed by atoms with Crippen molar-refractivity contribution in [2.45, 2.75) is 19.6 Å². The van der Waals surface area contributed by atoms with E-state index >= 15 is 0 Å². The maximum Gasteiger partial charge on any atom is 0.350 e. The molecule has 2 rings (SSSR count). The van der Waals surface area contributed by atoms with E-state index in [1.54, 1.807) is 11.5 Å². The normalized spacial score (nSPS) is 13.2. The average Bonchev–Trinajstić information content (AvgIpc) is 2.78. The molecule has 12 nitrogen and oxygen atoms in total. The van der Waals surface area contributed by atoms with Gasteiger partial charge in [0.1, 0.15) is 6.35 Å². The topological polar surface area (TPSA) is 201 Å². The number of anilines is 1. The Kier molecular flexibility index (Phi) is 4.80. The van der Waals surface area contributed by atoms with Crippen LogP contribution in [0.5, 0.6) is 0 Å². The predicted octanol–water partition coefficient (Wildman–Crippen LogP) is -1.15. The maximum absolute atomic E-state index is 10.8. The number of imidazole rings is 1. The standard InChI is InChI=1S/C10H17N8O4P/c1-5(22-4-23(19,20)21)2-18-3-14-6-7(15-9(11)12)16-10(13)17-8(6)18/h3,5H,2,4H2,1H3,(H2,19,20,21)(H6,11,12,13,15,16,17)/t5-/m1/s1. The van der Waals surface area contributed by atoms with Crippen molar-refractivity contribution >= 4 is 36.5 Å². The molecule has 0 amide bonds. The van der Waals surface area contributed by atoms with Gasteiger partial charge in [0.25, 0.3) is 0 Å². The molecule has 126 valence electrons. The molecule has 23 heavy (non-hydrogen) atoms.